The molecule has 3 aliphatic rings. The minimum Gasteiger partial charge on any atom is -0.358 e. The average Bonchev–Trinajstić information content (AvgIpc) is 3.45. The first-order valence-corrected chi connectivity index (χ1v) is 9.58. The van der Waals surface area contributed by atoms with E-state index in [4.69, 9.17) is 4.52 Å². The zero-order chi connectivity index (χ0) is 16.0. The highest BCUT2D eigenvalue weighted by molar-refractivity contribution is 7.54. The molecule has 0 atom stereocenters. The van der Waals surface area contributed by atoms with Crippen LogP contribution in [0.1, 0.15) is 37.5 Å². The predicted molar refractivity (Wildman–Crippen MR) is 81.9 cm³/mol. The maximum absolute atomic E-state index is 12.9. The summed E-state index contributed by atoms with van der Waals surface area (Å²) in [4.78, 5) is 15.0. The van der Waals surface area contributed by atoms with Gasteiger partial charge in [0.25, 0.3) is 0 Å². The first kappa shape index (κ1) is 15.3. The highest BCUT2D eigenvalue weighted by Crippen LogP contribution is 2.61. The van der Waals surface area contributed by atoms with Crippen LogP contribution in [0.25, 0.3) is 0 Å². The molecule has 2 aliphatic heterocycles. The molecule has 3 heterocycles. The summed E-state index contributed by atoms with van der Waals surface area (Å²) in [5.41, 5.74) is 0. The number of aromatic nitrogens is 2. The summed E-state index contributed by atoms with van der Waals surface area (Å²) in [5.74, 6) is 0.510. The van der Waals surface area contributed by atoms with Gasteiger partial charge in [0, 0.05) is 26.2 Å². The van der Waals surface area contributed by atoms with E-state index in [1.807, 2.05) is 9.34 Å². The van der Waals surface area contributed by atoms with Gasteiger partial charge in [-0.25, -0.2) is 18.9 Å². The maximum Gasteiger partial charge on any atom is 0.346 e. The van der Waals surface area contributed by atoms with Gasteiger partial charge in [0.2, 0.25) is 5.82 Å². The van der Waals surface area contributed by atoms with Crippen molar-refractivity contribution in [2.24, 2.45) is 0 Å². The quantitative estimate of drug-likeness (QED) is 0.325. The van der Waals surface area contributed by atoms with Crippen molar-refractivity contribution in [2.45, 2.75) is 38.3 Å². The minimum atomic E-state index is -2.93. The normalized spacial score (nSPS) is 22.6. The second-order valence-electron chi connectivity index (χ2n) is 6.27. The largest absolute Gasteiger partial charge is 0.358 e. The molecule has 0 spiro atoms. The monoisotopic (exact) mass is 341 g/mol. The van der Waals surface area contributed by atoms with E-state index in [-0.39, 0.29) is 18.5 Å². The van der Waals surface area contributed by atoms with Crippen molar-refractivity contribution in [1.29, 1.82) is 0 Å². The Balaban J connectivity index is 1.56. The first-order chi connectivity index (χ1) is 11.1. The lowest BCUT2D eigenvalue weighted by atomic mass is 10.2. The van der Waals surface area contributed by atoms with E-state index in [1.165, 1.54) is 6.20 Å². The van der Waals surface area contributed by atoms with Crippen molar-refractivity contribution in [1.82, 2.24) is 18.9 Å². The third-order valence-corrected chi connectivity index (χ3v) is 7.35. The van der Waals surface area contributed by atoms with Gasteiger partial charge in [-0.05, 0) is 30.6 Å². The van der Waals surface area contributed by atoms with Crippen LogP contribution in [0.2, 0.25) is 0 Å². The molecule has 3 fully saturated rings. The number of rotatable bonds is 7. The maximum atomic E-state index is 12.9. The van der Waals surface area contributed by atoms with E-state index < -0.39 is 12.6 Å². The van der Waals surface area contributed by atoms with Crippen LogP contribution in [-0.2, 0) is 15.7 Å². The minimum absolute atomic E-state index is 0.00351. The molecular formula is C13H20N5O4P. The highest BCUT2D eigenvalue weighted by atomic mass is 31.2. The van der Waals surface area contributed by atoms with E-state index in [0.717, 1.165) is 51.9 Å². The van der Waals surface area contributed by atoms with Crippen LogP contribution in [0.4, 0.5) is 5.82 Å². The molecule has 1 aromatic rings. The highest BCUT2D eigenvalue weighted by Gasteiger charge is 2.49. The summed E-state index contributed by atoms with van der Waals surface area (Å²) in [6.45, 7) is 3.18. The Morgan fingerprint density at radius 1 is 1.26 bits per heavy atom. The zero-order valence-electron chi connectivity index (χ0n) is 12.8. The average molecular weight is 341 g/mol. The van der Waals surface area contributed by atoms with Crippen molar-refractivity contribution in [3.8, 4) is 0 Å². The zero-order valence-corrected chi connectivity index (χ0v) is 13.7. The fourth-order valence-electron chi connectivity index (χ4n) is 3.27. The summed E-state index contributed by atoms with van der Waals surface area (Å²) in [6.07, 6.45) is 5.26. The first-order valence-electron chi connectivity index (χ1n) is 8.05. The van der Waals surface area contributed by atoms with Gasteiger partial charge in [-0.1, -0.05) is 0 Å². The van der Waals surface area contributed by atoms with Gasteiger partial charge < -0.3 is 10.1 Å². The third-order valence-electron chi connectivity index (χ3n) is 4.65. The lowest BCUT2D eigenvalue weighted by molar-refractivity contribution is -0.392. The summed E-state index contributed by atoms with van der Waals surface area (Å²) < 4.78 is 24.0. The van der Waals surface area contributed by atoms with Crippen LogP contribution in [0.5, 0.6) is 0 Å². The molecule has 0 amide bonds. The van der Waals surface area contributed by atoms with Gasteiger partial charge in [0.1, 0.15) is 18.8 Å². The Bertz CT molecular complexity index is 647. The van der Waals surface area contributed by atoms with E-state index in [2.05, 4.69) is 4.98 Å². The molecule has 0 N–H and O–H groups in total. The van der Waals surface area contributed by atoms with E-state index in [9.17, 15) is 14.7 Å². The summed E-state index contributed by atoms with van der Waals surface area (Å²) >= 11 is 0. The molecular weight excluding hydrogens is 321 g/mol. The molecule has 0 bridgehead atoms. The topological polar surface area (TPSA) is 93.3 Å². The van der Waals surface area contributed by atoms with Crippen LogP contribution in [0.15, 0.2) is 6.20 Å². The number of hydrogen-bond acceptors (Lipinski definition) is 5. The molecule has 0 unspecified atom stereocenters. The van der Waals surface area contributed by atoms with Gasteiger partial charge in [0.05, 0.1) is 0 Å². The molecule has 0 aromatic carbocycles. The van der Waals surface area contributed by atoms with Crippen LogP contribution >= 0.6 is 7.67 Å². The molecule has 23 heavy (non-hydrogen) atoms. The second-order valence-corrected chi connectivity index (χ2v) is 8.64. The van der Waals surface area contributed by atoms with Crippen molar-refractivity contribution < 1.29 is 14.0 Å². The van der Waals surface area contributed by atoms with E-state index >= 15 is 0 Å². The third kappa shape index (κ3) is 2.82. The van der Waals surface area contributed by atoms with Crippen LogP contribution in [0.3, 0.4) is 0 Å². The van der Waals surface area contributed by atoms with E-state index in [1.54, 1.807) is 4.57 Å². The second kappa shape index (κ2) is 5.66. The van der Waals surface area contributed by atoms with Gasteiger partial charge in [-0.3, -0.25) is 9.09 Å². The fraction of sp³-hybridized carbons (Fsp3) is 0.769. The van der Waals surface area contributed by atoms with Crippen molar-refractivity contribution >= 4 is 13.5 Å². The Kier molecular flexibility index (Phi) is 3.76. The van der Waals surface area contributed by atoms with Gasteiger partial charge in [-0.2, -0.15) is 0 Å². The molecule has 4 rings (SSSR count). The number of imidazole rings is 1. The summed E-state index contributed by atoms with van der Waals surface area (Å²) in [5, 5.41) is 11.3. The summed E-state index contributed by atoms with van der Waals surface area (Å²) in [6, 6.07) is 0.0957. The molecule has 1 saturated carbocycles. The van der Waals surface area contributed by atoms with Crippen LogP contribution in [0, 0.1) is 10.1 Å². The Morgan fingerprint density at radius 3 is 2.39 bits per heavy atom. The number of nitro groups is 1. The molecule has 9 nitrogen and oxygen atoms in total. The molecule has 0 radical (unpaired) electrons. The Morgan fingerprint density at radius 2 is 1.87 bits per heavy atom. The van der Waals surface area contributed by atoms with Crippen molar-refractivity contribution in [3.63, 3.8) is 0 Å². The molecule has 126 valence electrons. The molecule has 1 aromatic heterocycles. The Hall–Kier alpha value is -1.28. The lowest BCUT2D eigenvalue weighted by Gasteiger charge is -2.19. The van der Waals surface area contributed by atoms with Crippen LogP contribution < -0.4 is 0 Å². The molecule has 10 heteroatoms. The smallest absolute Gasteiger partial charge is 0.346 e. The van der Waals surface area contributed by atoms with Crippen molar-refractivity contribution in [2.75, 3.05) is 26.2 Å². The van der Waals surface area contributed by atoms with Gasteiger partial charge >= 0.3 is 13.5 Å². The SMILES string of the molecule is O=[N+]([O-])c1cnc(COP(=O)(N2CC2)N2CC2)n1C1CCCC1. The number of hydrogen-bond donors (Lipinski definition) is 0. The molecule has 1 aliphatic carbocycles. The summed E-state index contributed by atoms with van der Waals surface area (Å²) in [7, 11) is -2.93. The molecule has 2 saturated heterocycles. The van der Waals surface area contributed by atoms with E-state index in [0.29, 0.717) is 5.82 Å². The van der Waals surface area contributed by atoms with Gasteiger partial charge in [0.15, 0.2) is 0 Å². The van der Waals surface area contributed by atoms with Crippen LogP contribution in [-0.4, -0.2) is 50.0 Å². The lowest BCUT2D eigenvalue weighted by Crippen LogP contribution is -2.14. The predicted octanol–water partition coefficient (Wildman–Crippen LogP) is 2.16. The fourth-order valence-corrected chi connectivity index (χ4v) is 5.43. The number of nitrogens with zero attached hydrogens (tertiary/aromatic N) is 5. The Labute approximate surface area is 133 Å². The van der Waals surface area contributed by atoms with Gasteiger partial charge in [-0.15, -0.1) is 0 Å². The standard InChI is InChI=1S/C13H20N5O4P/c19-18(20)13-9-14-12(17(13)11-3-1-2-4-11)10-22-23(21,15-5-6-15)16-7-8-16/h9,11H,1-8,10H2. The van der Waals surface area contributed by atoms with Crippen molar-refractivity contribution in [3.05, 3.63) is 22.1 Å².